The number of halogens is 1. The molecular formula is C28H25IN2O3S. The second-order valence-electron chi connectivity index (χ2n) is 8.68. The fourth-order valence-corrected chi connectivity index (χ4v) is 5.85. The van der Waals surface area contributed by atoms with Crippen molar-refractivity contribution in [2.24, 2.45) is 0 Å². The van der Waals surface area contributed by atoms with E-state index in [2.05, 4.69) is 56.9 Å². The van der Waals surface area contributed by atoms with Gasteiger partial charge in [0.1, 0.15) is 5.75 Å². The molecule has 5 nitrogen and oxygen atoms in total. The zero-order valence-corrected chi connectivity index (χ0v) is 21.9. The van der Waals surface area contributed by atoms with Gasteiger partial charge in [-0.3, -0.25) is 4.72 Å². The van der Waals surface area contributed by atoms with E-state index >= 15 is 0 Å². The maximum absolute atomic E-state index is 12.6. The summed E-state index contributed by atoms with van der Waals surface area (Å²) in [6.07, 6.45) is 1.82. The van der Waals surface area contributed by atoms with Crippen LogP contribution in [0.2, 0.25) is 0 Å². The molecule has 4 aromatic carbocycles. The minimum absolute atomic E-state index is 0.178. The fourth-order valence-electron chi connectivity index (χ4n) is 4.44. The molecule has 7 heteroatoms. The number of benzene rings is 4. The highest BCUT2D eigenvalue weighted by Crippen LogP contribution is 2.30. The Balaban J connectivity index is 1.27. The van der Waals surface area contributed by atoms with Crippen molar-refractivity contribution < 1.29 is 13.5 Å². The zero-order chi connectivity index (χ0) is 24.4. The molecule has 5 rings (SSSR count). The van der Waals surface area contributed by atoms with Crippen LogP contribution in [0.1, 0.15) is 22.7 Å². The highest BCUT2D eigenvalue weighted by atomic mass is 127. The lowest BCUT2D eigenvalue weighted by molar-refractivity contribution is 0.463. The van der Waals surface area contributed by atoms with E-state index in [0.717, 1.165) is 34.1 Å². The third kappa shape index (κ3) is 5.52. The van der Waals surface area contributed by atoms with Crippen molar-refractivity contribution in [3.05, 3.63) is 111 Å². The predicted molar refractivity (Wildman–Crippen MR) is 148 cm³/mol. The third-order valence-electron chi connectivity index (χ3n) is 6.28. The second kappa shape index (κ2) is 10.0. The first-order valence-electron chi connectivity index (χ1n) is 11.4. The number of hydrogen-bond acceptors (Lipinski definition) is 4. The lowest BCUT2D eigenvalue weighted by atomic mass is 9.90. The topological polar surface area (TPSA) is 78.4 Å². The Kier molecular flexibility index (Phi) is 6.82. The molecule has 0 aromatic heterocycles. The predicted octanol–water partition coefficient (Wildman–Crippen LogP) is 5.89. The summed E-state index contributed by atoms with van der Waals surface area (Å²) in [6.45, 7) is 0.931. The van der Waals surface area contributed by atoms with Crippen LogP contribution in [-0.4, -0.2) is 20.1 Å². The quantitative estimate of drug-likeness (QED) is 0.243. The van der Waals surface area contributed by atoms with Crippen molar-refractivity contribution >= 4 is 38.3 Å². The molecule has 1 aliphatic rings. The lowest BCUT2D eigenvalue weighted by Crippen LogP contribution is -2.31. The molecular weight excluding hydrogens is 571 g/mol. The van der Waals surface area contributed by atoms with Crippen molar-refractivity contribution in [3.8, 4) is 16.9 Å². The molecule has 0 aliphatic carbocycles. The number of anilines is 1. The molecule has 0 radical (unpaired) electrons. The van der Waals surface area contributed by atoms with Crippen molar-refractivity contribution in [2.75, 3.05) is 11.3 Å². The SMILES string of the molecule is O=S(=O)(Nc1ccc(-c2ccc(CC3NCCc4ccc(O)cc43)cc2)cc1)c1ccc(I)cc1. The van der Waals surface area contributed by atoms with Crippen molar-refractivity contribution in [1.82, 2.24) is 5.32 Å². The number of nitrogens with one attached hydrogen (secondary N) is 2. The van der Waals surface area contributed by atoms with Gasteiger partial charge in [0.2, 0.25) is 0 Å². The molecule has 0 saturated carbocycles. The molecule has 4 aromatic rings. The highest BCUT2D eigenvalue weighted by Gasteiger charge is 2.20. The average Bonchev–Trinajstić information content (AvgIpc) is 2.85. The smallest absolute Gasteiger partial charge is 0.261 e. The normalized spacial score (nSPS) is 15.4. The first-order valence-corrected chi connectivity index (χ1v) is 14.0. The number of aromatic hydroxyl groups is 1. The summed E-state index contributed by atoms with van der Waals surface area (Å²) in [6, 6.07) is 28.4. The van der Waals surface area contributed by atoms with Crippen LogP contribution in [0.15, 0.2) is 95.9 Å². The summed E-state index contributed by atoms with van der Waals surface area (Å²) in [4.78, 5) is 0.239. The number of rotatable bonds is 6. The summed E-state index contributed by atoms with van der Waals surface area (Å²) in [5.41, 5.74) is 6.28. The van der Waals surface area contributed by atoms with Crippen molar-refractivity contribution in [2.45, 2.75) is 23.8 Å². The molecule has 1 atom stereocenters. The largest absolute Gasteiger partial charge is 0.508 e. The Morgan fingerprint density at radius 1 is 0.886 bits per heavy atom. The molecule has 0 spiro atoms. The fraction of sp³-hybridized carbons (Fsp3) is 0.143. The van der Waals surface area contributed by atoms with Crippen LogP contribution in [-0.2, 0) is 22.9 Å². The van der Waals surface area contributed by atoms with E-state index in [-0.39, 0.29) is 10.9 Å². The van der Waals surface area contributed by atoms with Gasteiger partial charge >= 0.3 is 0 Å². The number of phenols is 1. The summed E-state index contributed by atoms with van der Waals surface area (Å²) < 4.78 is 28.9. The summed E-state index contributed by atoms with van der Waals surface area (Å²) in [5, 5.41) is 13.5. The molecule has 0 bridgehead atoms. The van der Waals surface area contributed by atoms with Gasteiger partial charge in [0.05, 0.1) is 4.90 Å². The van der Waals surface area contributed by atoms with E-state index in [1.807, 2.05) is 24.3 Å². The molecule has 178 valence electrons. The van der Waals surface area contributed by atoms with Crippen LogP contribution in [0.4, 0.5) is 5.69 Å². The van der Waals surface area contributed by atoms with Gasteiger partial charge in [0.15, 0.2) is 0 Å². The maximum Gasteiger partial charge on any atom is 0.261 e. The number of phenolic OH excluding ortho intramolecular Hbond substituents is 1. The Labute approximate surface area is 219 Å². The van der Waals surface area contributed by atoms with E-state index in [1.54, 1.807) is 42.5 Å². The van der Waals surface area contributed by atoms with Gasteiger partial charge in [-0.2, -0.15) is 0 Å². The molecule has 1 aliphatic heterocycles. The van der Waals surface area contributed by atoms with E-state index < -0.39 is 10.0 Å². The van der Waals surface area contributed by atoms with Crippen molar-refractivity contribution in [3.63, 3.8) is 0 Å². The summed E-state index contributed by atoms with van der Waals surface area (Å²) in [5.74, 6) is 0.303. The van der Waals surface area contributed by atoms with Gasteiger partial charge in [0.25, 0.3) is 10.0 Å². The van der Waals surface area contributed by atoms with Gasteiger partial charge in [-0.1, -0.05) is 42.5 Å². The molecule has 3 N–H and O–H groups in total. The lowest BCUT2D eigenvalue weighted by Gasteiger charge is -2.27. The van der Waals surface area contributed by atoms with Crippen molar-refractivity contribution in [1.29, 1.82) is 0 Å². The summed E-state index contributed by atoms with van der Waals surface area (Å²) >= 11 is 2.15. The first-order chi connectivity index (χ1) is 16.9. The molecule has 1 unspecified atom stereocenters. The monoisotopic (exact) mass is 596 g/mol. The Morgan fingerprint density at radius 3 is 2.23 bits per heavy atom. The molecule has 0 saturated heterocycles. The number of hydrogen-bond donors (Lipinski definition) is 3. The minimum atomic E-state index is -3.63. The van der Waals surface area contributed by atoms with E-state index in [4.69, 9.17) is 0 Å². The van der Waals surface area contributed by atoms with Crippen LogP contribution in [0.5, 0.6) is 5.75 Å². The molecule has 0 amide bonds. The van der Waals surface area contributed by atoms with Crippen LogP contribution in [0.3, 0.4) is 0 Å². The van der Waals surface area contributed by atoms with E-state index in [9.17, 15) is 13.5 Å². The standard InChI is InChI=1S/C28H25IN2O3S/c29-23-8-13-26(14-9-23)35(33,34)31-24-10-5-21(6-11-24)20-3-1-19(2-4-20)17-28-27-18-25(32)12-7-22(27)15-16-30-28/h1-14,18,28,30-32H,15-17H2. The average molecular weight is 596 g/mol. The molecule has 35 heavy (non-hydrogen) atoms. The Bertz CT molecular complexity index is 1440. The third-order valence-corrected chi connectivity index (χ3v) is 8.39. The Hall–Kier alpha value is -2.88. The van der Waals surface area contributed by atoms with Crippen LogP contribution in [0.25, 0.3) is 11.1 Å². The van der Waals surface area contributed by atoms with Gasteiger partial charge in [0, 0.05) is 15.3 Å². The van der Waals surface area contributed by atoms with Crippen LogP contribution < -0.4 is 10.0 Å². The first kappa shape index (κ1) is 23.8. The van der Waals surface area contributed by atoms with Gasteiger partial charge in [-0.25, -0.2) is 8.42 Å². The maximum atomic E-state index is 12.6. The molecule has 1 heterocycles. The summed E-state index contributed by atoms with van der Waals surface area (Å²) in [7, 11) is -3.63. The number of sulfonamides is 1. The second-order valence-corrected chi connectivity index (χ2v) is 11.6. The van der Waals surface area contributed by atoms with Crippen LogP contribution >= 0.6 is 22.6 Å². The van der Waals surface area contributed by atoms with E-state index in [0.29, 0.717) is 11.4 Å². The Morgan fingerprint density at radius 2 is 1.54 bits per heavy atom. The van der Waals surface area contributed by atoms with E-state index in [1.165, 1.54) is 16.7 Å². The zero-order valence-electron chi connectivity index (χ0n) is 18.9. The number of fused-ring (bicyclic) bond motifs is 1. The van der Waals surface area contributed by atoms with Gasteiger partial charge < -0.3 is 10.4 Å². The minimum Gasteiger partial charge on any atom is -0.508 e. The van der Waals surface area contributed by atoms with Crippen LogP contribution in [0, 0.1) is 3.57 Å². The van der Waals surface area contributed by atoms with Gasteiger partial charge in [-0.15, -0.1) is 0 Å². The molecule has 0 fully saturated rings. The highest BCUT2D eigenvalue weighted by molar-refractivity contribution is 14.1. The van der Waals surface area contributed by atoms with Gasteiger partial charge in [-0.05, 0) is 118 Å².